The standard InChI is InChI=1S/C18H20N2O3/c21-15-2-1-3-16(15)23-14-7-6-12-9-17(19-10-13(12)8-14)20-18(22)11-4-5-11/h6-11,15-16,21H,1-5H2,(H,19,20,22)/t15-,16+/m1/s1. The number of nitrogens with one attached hydrogen (secondary N) is 1. The van der Waals surface area contributed by atoms with Gasteiger partial charge in [-0.3, -0.25) is 4.79 Å². The molecule has 0 saturated heterocycles. The molecular formula is C18H20N2O3. The predicted molar refractivity (Wildman–Crippen MR) is 87.4 cm³/mol. The Kier molecular flexibility index (Phi) is 3.65. The summed E-state index contributed by atoms with van der Waals surface area (Å²) < 4.78 is 5.88. The normalized spacial score (nSPS) is 23.9. The van der Waals surface area contributed by atoms with E-state index in [1.54, 1.807) is 6.20 Å². The average molecular weight is 312 g/mol. The van der Waals surface area contributed by atoms with Crippen molar-refractivity contribution in [1.29, 1.82) is 0 Å². The highest BCUT2D eigenvalue weighted by molar-refractivity contribution is 5.95. The van der Waals surface area contributed by atoms with Crippen LogP contribution in [0.5, 0.6) is 5.75 Å². The van der Waals surface area contributed by atoms with Crippen LogP contribution >= 0.6 is 0 Å². The topological polar surface area (TPSA) is 71.5 Å². The molecule has 5 nitrogen and oxygen atoms in total. The number of carbonyl (C=O) groups excluding carboxylic acids is 1. The zero-order valence-electron chi connectivity index (χ0n) is 12.9. The van der Waals surface area contributed by atoms with Crippen LogP contribution in [0.3, 0.4) is 0 Å². The van der Waals surface area contributed by atoms with Gasteiger partial charge in [0, 0.05) is 17.5 Å². The van der Waals surface area contributed by atoms with Gasteiger partial charge in [0.1, 0.15) is 17.7 Å². The molecule has 2 atom stereocenters. The number of pyridine rings is 1. The van der Waals surface area contributed by atoms with Gasteiger partial charge in [0.15, 0.2) is 0 Å². The predicted octanol–water partition coefficient (Wildman–Crippen LogP) is 2.88. The van der Waals surface area contributed by atoms with E-state index in [-0.39, 0.29) is 24.0 Å². The average Bonchev–Trinajstić information content (AvgIpc) is 3.32. The van der Waals surface area contributed by atoms with Crippen LogP contribution in [0.4, 0.5) is 5.82 Å². The first-order valence-corrected chi connectivity index (χ1v) is 8.24. The van der Waals surface area contributed by atoms with Crippen molar-refractivity contribution in [2.45, 2.75) is 44.3 Å². The van der Waals surface area contributed by atoms with Gasteiger partial charge in [0.2, 0.25) is 5.91 Å². The highest BCUT2D eigenvalue weighted by Crippen LogP contribution is 2.31. The summed E-state index contributed by atoms with van der Waals surface area (Å²) in [6.45, 7) is 0. The first-order valence-electron chi connectivity index (χ1n) is 8.24. The number of amides is 1. The van der Waals surface area contributed by atoms with Crippen molar-refractivity contribution in [2.75, 3.05) is 5.32 Å². The molecule has 5 heteroatoms. The fourth-order valence-corrected chi connectivity index (χ4v) is 3.05. The molecule has 1 aromatic heterocycles. The molecule has 2 aromatic rings. The molecule has 0 spiro atoms. The first kappa shape index (κ1) is 14.5. The fraction of sp³-hybridized carbons (Fsp3) is 0.444. The van der Waals surface area contributed by atoms with Gasteiger partial charge in [-0.25, -0.2) is 4.98 Å². The van der Waals surface area contributed by atoms with Crippen molar-refractivity contribution in [3.63, 3.8) is 0 Å². The molecule has 120 valence electrons. The summed E-state index contributed by atoms with van der Waals surface area (Å²) in [6.07, 6.45) is 5.93. The molecule has 2 fully saturated rings. The molecule has 1 aromatic carbocycles. The summed E-state index contributed by atoms with van der Waals surface area (Å²) in [6, 6.07) is 7.67. The number of carbonyl (C=O) groups is 1. The summed E-state index contributed by atoms with van der Waals surface area (Å²) in [7, 11) is 0. The van der Waals surface area contributed by atoms with Gasteiger partial charge in [-0.1, -0.05) is 6.07 Å². The molecule has 1 amide bonds. The van der Waals surface area contributed by atoms with Crippen molar-refractivity contribution >= 4 is 22.5 Å². The Hall–Kier alpha value is -2.14. The Morgan fingerprint density at radius 3 is 2.78 bits per heavy atom. The van der Waals surface area contributed by atoms with E-state index in [1.807, 2.05) is 24.3 Å². The van der Waals surface area contributed by atoms with Crippen LogP contribution in [-0.2, 0) is 4.79 Å². The molecule has 0 radical (unpaired) electrons. The quantitative estimate of drug-likeness (QED) is 0.910. The molecule has 2 saturated carbocycles. The van der Waals surface area contributed by atoms with Crippen LogP contribution < -0.4 is 10.1 Å². The molecule has 2 N–H and O–H groups in total. The van der Waals surface area contributed by atoms with Crippen LogP contribution in [-0.4, -0.2) is 28.2 Å². The van der Waals surface area contributed by atoms with Gasteiger partial charge in [-0.05, 0) is 55.7 Å². The van der Waals surface area contributed by atoms with Gasteiger partial charge < -0.3 is 15.2 Å². The number of anilines is 1. The van der Waals surface area contributed by atoms with Crippen molar-refractivity contribution < 1.29 is 14.6 Å². The number of benzene rings is 1. The number of aromatic nitrogens is 1. The highest BCUT2D eigenvalue weighted by Gasteiger charge is 2.30. The summed E-state index contributed by atoms with van der Waals surface area (Å²) in [5, 5.41) is 14.7. The lowest BCUT2D eigenvalue weighted by Gasteiger charge is -2.17. The number of nitrogens with zero attached hydrogens (tertiary/aromatic N) is 1. The van der Waals surface area contributed by atoms with Crippen molar-refractivity contribution in [3.05, 3.63) is 30.5 Å². The Morgan fingerprint density at radius 2 is 2.04 bits per heavy atom. The van der Waals surface area contributed by atoms with Crippen molar-refractivity contribution in [1.82, 2.24) is 4.98 Å². The lowest BCUT2D eigenvalue weighted by molar-refractivity contribution is -0.117. The minimum atomic E-state index is -0.371. The third-order valence-corrected chi connectivity index (χ3v) is 4.60. The fourth-order valence-electron chi connectivity index (χ4n) is 3.05. The second-order valence-corrected chi connectivity index (χ2v) is 6.50. The minimum Gasteiger partial charge on any atom is -0.488 e. The van der Waals surface area contributed by atoms with E-state index in [1.165, 1.54) is 0 Å². The molecule has 0 aliphatic heterocycles. The van der Waals surface area contributed by atoms with E-state index >= 15 is 0 Å². The van der Waals surface area contributed by atoms with Crippen LogP contribution in [0, 0.1) is 5.92 Å². The molecule has 0 unspecified atom stereocenters. The zero-order chi connectivity index (χ0) is 15.8. The van der Waals surface area contributed by atoms with Crippen molar-refractivity contribution in [2.24, 2.45) is 5.92 Å². The van der Waals surface area contributed by atoms with Gasteiger partial charge in [0.25, 0.3) is 0 Å². The number of hydrogen-bond acceptors (Lipinski definition) is 4. The maximum Gasteiger partial charge on any atom is 0.228 e. The molecule has 4 rings (SSSR count). The molecule has 1 heterocycles. The summed E-state index contributed by atoms with van der Waals surface area (Å²) in [5.41, 5.74) is 0. The third-order valence-electron chi connectivity index (χ3n) is 4.60. The van der Waals surface area contributed by atoms with Crippen LogP contribution in [0.1, 0.15) is 32.1 Å². The van der Waals surface area contributed by atoms with E-state index in [0.717, 1.165) is 48.6 Å². The van der Waals surface area contributed by atoms with Crippen molar-refractivity contribution in [3.8, 4) is 5.75 Å². The molecular weight excluding hydrogens is 292 g/mol. The van der Waals surface area contributed by atoms with Crippen LogP contribution in [0.25, 0.3) is 10.8 Å². The zero-order valence-corrected chi connectivity index (χ0v) is 12.9. The smallest absolute Gasteiger partial charge is 0.228 e. The Bertz CT molecular complexity index is 742. The number of rotatable bonds is 4. The number of aliphatic hydroxyl groups is 1. The van der Waals surface area contributed by atoms with Gasteiger partial charge >= 0.3 is 0 Å². The number of fused-ring (bicyclic) bond motifs is 1. The maximum atomic E-state index is 11.8. The summed E-state index contributed by atoms with van der Waals surface area (Å²) >= 11 is 0. The number of hydrogen-bond donors (Lipinski definition) is 2. The second kappa shape index (κ2) is 5.81. The van der Waals surface area contributed by atoms with E-state index in [2.05, 4.69) is 10.3 Å². The Labute approximate surface area is 134 Å². The number of ether oxygens (including phenoxy) is 1. The SMILES string of the molecule is O=C(Nc1cc2ccc(O[C@H]3CCC[C@H]3O)cc2cn1)C1CC1. The van der Waals surface area contributed by atoms with E-state index in [9.17, 15) is 9.90 Å². The van der Waals surface area contributed by atoms with Gasteiger partial charge in [0.05, 0.1) is 6.10 Å². The van der Waals surface area contributed by atoms with Gasteiger partial charge in [-0.2, -0.15) is 0 Å². The van der Waals surface area contributed by atoms with E-state index in [4.69, 9.17) is 4.74 Å². The minimum absolute atomic E-state index is 0.0621. The van der Waals surface area contributed by atoms with E-state index in [0.29, 0.717) is 5.82 Å². The van der Waals surface area contributed by atoms with Crippen LogP contribution in [0.2, 0.25) is 0 Å². The number of aliphatic hydroxyl groups excluding tert-OH is 1. The monoisotopic (exact) mass is 312 g/mol. The maximum absolute atomic E-state index is 11.8. The summed E-state index contributed by atoms with van der Waals surface area (Å²) in [5.74, 6) is 1.57. The molecule has 2 aliphatic carbocycles. The van der Waals surface area contributed by atoms with Crippen LogP contribution in [0.15, 0.2) is 30.5 Å². The molecule has 0 bridgehead atoms. The molecule has 23 heavy (non-hydrogen) atoms. The van der Waals surface area contributed by atoms with Gasteiger partial charge in [-0.15, -0.1) is 0 Å². The summed E-state index contributed by atoms with van der Waals surface area (Å²) in [4.78, 5) is 16.1. The largest absolute Gasteiger partial charge is 0.488 e. The highest BCUT2D eigenvalue weighted by atomic mass is 16.5. The third kappa shape index (κ3) is 3.15. The Balaban J connectivity index is 1.51. The lowest BCUT2D eigenvalue weighted by Crippen LogP contribution is -2.25. The lowest BCUT2D eigenvalue weighted by atomic mass is 10.1. The first-order chi connectivity index (χ1) is 11.2. The van der Waals surface area contributed by atoms with E-state index < -0.39 is 0 Å². The second-order valence-electron chi connectivity index (χ2n) is 6.50. The Morgan fingerprint density at radius 1 is 1.17 bits per heavy atom. The molecule has 2 aliphatic rings.